The molecule has 1 aliphatic rings. The molecule has 0 radical (unpaired) electrons. The highest BCUT2D eigenvalue weighted by molar-refractivity contribution is 5.78. The summed E-state index contributed by atoms with van der Waals surface area (Å²) in [7, 11) is 0. The molecular formula is C22H28N4O3. The number of carboxylic acids is 1. The number of nitrogens with one attached hydrogen (secondary N) is 1. The second-order valence-corrected chi connectivity index (χ2v) is 7.63. The zero-order valence-electron chi connectivity index (χ0n) is 16.9. The topological polar surface area (TPSA) is 105 Å². The van der Waals surface area contributed by atoms with Gasteiger partial charge in [0.25, 0.3) is 0 Å². The first-order valence-corrected chi connectivity index (χ1v) is 10.3. The van der Waals surface area contributed by atoms with Gasteiger partial charge in [-0.05, 0) is 62.1 Å². The van der Waals surface area contributed by atoms with E-state index in [0.29, 0.717) is 37.9 Å². The van der Waals surface area contributed by atoms with E-state index in [-0.39, 0.29) is 18.1 Å². The molecule has 2 N–H and O–H groups in total. The van der Waals surface area contributed by atoms with Gasteiger partial charge >= 0.3 is 5.97 Å². The fourth-order valence-electron chi connectivity index (χ4n) is 3.66. The molecule has 7 heteroatoms. The molecule has 29 heavy (non-hydrogen) atoms. The highest BCUT2D eigenvalue weighted by atomic mass is 16.4. The highest BCUT2D eigenvalue weighted by Crippen LogP contribution is 2.25. The minimum absolute atomic E-state index is 0.0205. The Morgan fingerprint density at radius 1 is 1.21 bits per heavy atom. The van der Waals surface area contributed by atoms with Crippen LogP contribution in [-0.2, 0) is 22.4 Å². The van der Waals surface area contributed by atoms with Crippen LogP contribution >= 0.6 is 0 Å². The van der Waals surface area contributed by atoms with Gasteiger partial charge in [-0.2, -0.15) is 0 Å². The zero-order chi connectivity index (χ0) is 20.6. The number of aliphatic carboxylic acids is 1. The molecule has 0 aliphatic carbocycles. The summed E-state index contributed by atoms with van der Waals surface area (Å²) in [6.45, 7) is 2.74. The second kappa shape index (κ2) is 10.1. The Morgan fingerprint density at radius 3 is 2.76 bits per heavy atom. The van der Waals surface area contributed by atoms with Crippen molar-refractivity contribution in [3.05, 3.63) is 47.2 Å². The van der Waals surface area contributed by atoms with Crippen LogP contribution in [0.15, 0.2) is 24.5 Å². The van der Waals surface area contributed by atoms with Crippen LogP contribution < -0.4 is 5.32 Å². The predicted molar refractivity (Wildman–Crippen MR) is 110 cm³/mol. The zero-order valence-corrected chi connectivity index (χ0v) is 16.9. The van der Waals surface area contributed by atoms with Crippen LogP contribution in [0.4, 0.5) is 5.82 Å². The maximum absolute atomic E-state index is 12.3. The number of fused-ring (bicyclic) bond motifs is 1. The summed E-state index contributed by atoms with van der Waals surface area (Å²) in [6, 6.07) is 4.12. The van der Waals surface area contributed by atoms with Gasteiger partial charge in [0.2, 0.25) is 0 Å². The number of hydrogen-bond acceptors (Lipinski definition) is 6. The predicted octanol–water partition coefficient (Wildman–Crippen LogP) is 3.47. The van der Waals surface area contributed by atoms with Gasteiger partial charge < -0.3 is 10.4 Å². The molecule has 1 unspecified atom stereocenters. The summed E-state index contributed by atoms with van der Waals surface area (Å²) < 4.78 is 0. The van der Waals surface area contributed by atoms with Crippen LogP contribution in [0.2, 0.25) is 0 Å². The molecule has 0 amide bonds. The van der Waals surface area contributed by atoms with E-state index in [1.807, 2.05) is 6.07 Å². The van der Waals surface area contributed by atoms with Crippen molar-refractivity contribution in [1.82, 2.24) is 15.0 Å². The number of rotatable bonds is 10. The van der Waals surface area contributed by atoms with Crippen LogP contribution in [0.5, 0.6) is 0 Å². The first-order chi connectivity index (χ1) is 14.0. The van der Waals surface area contributed by atoms with Crippen LogP contribution in [0, 0.1) is 6.92 Å². The molecule has 1 atom stereocenters. The van der Waals surface area contributed by atoms with E-state index in [1.54, 1.807) is 19.3 Å². The molecule has 1 aliphatic heterocycles. The number of anilines is 1. The molecule has 154 valence electrons. The molecule has 2 aromatic rings. The molecule has 3 heterocycles. The standard InChI is InChI=1S/C22H28N4O3/c1-15-24-13-18(14-25-15)17(12-21(28)29)4-2-6-20(27)10-9-19-8-7-16-5-3-11-23-22(16)26-19/h7-8,13-14,17H,2-6,9-12H2,1H3,(H,23,26)(H,28,29). The summed E-state index contributed by atoms with van der Waals surface area (Å²) in [4.78, 5) is 36.4. The SMILES string of the molecule is Cc1ncc(C(CCCC(=O)CCc2ccc3c(n2)NCCC3)CC(=O)O)cn1. The van der Waals surface area contributed by atoms with Crippen molar-refractivity contribution in [3.63, 3.8) is 0 Å². The number of aryl methyl sites for hydroxylation is 3. The van der Waals surface area contributed by atoms with E-state index in [9.17, 15) is 14.7 Å². The Balaban J connectivity index is 1.46. The molecule has 0 aromatic carbocycles. The lowest BCUT2D eigenvalue weighted by atomic mass is 9.91. The van der Waals surface area contributed by atoms with E-state index >= 15 is 0 Å². The summed E-state index contributed by atoms with van der Waals surface area (Å²) in [5.74, 6) is 0.775. The Morgan fingerprint density at radius 2 is 2.00 bits per heavy atom. The Kier molecular flexibility index (Phi) is 7.27. The fourth-order valence-corrected chi connectivity index (χ4v) is 3.66. The number of ketones is 1. The van der Waals surface area contributed by atoms with Gasteiger partial charge in [-0.1, -0.05) is 6.07 Å². The van der Waals surface area contributed by atoms with E-state index < -0.39 is 5.97 Å². The number of hydrogen-bond donors (Lipinski definition) is 2. The number of nitrogens with zero attached hydrogens (tertiary/aromatic N) is 3. The Bertz CT molecular complexity index is 852. The number of Topliss-reactive ketones (excluding diaryl/α,β-unsaturated/α-hetero) is 1. The van der Waals surface area contributed by atoms with Crippen LogP contribution in [-0.4, -0.2) is 38.4 Å². The molecule has 2 aromatic heterocycles. The largest absolute Gasteiger partial charge is 0.481 e. The van der Waals surface area contributed by atoms with Gasteiger partial charge in [0.05, 0.1) is 6.42 Å². The normalized spacial score (nSPS) is 14.0. The second-order valence-electron chi connectivity index (χ2n) is 7.63. The maximum atomic E-state index is 12.3. The van der Waals surface area contributed by atoms with E-state index in [0.717, 1.165) is 36.5 Å². The van der Waals surface area contributed by atoms with E-state index in [1.165, 1.54) is 5.56 Å². The fraction of sp³-hybridized carbons (Fsp3) is 0.500. The van der Waals surface area contributed by atoms with Crippen molar-refractivity contribution in [2.45, 2.75) is 64.2 Å². The number of carbonyl (C=O) groups is 2. The quantitative estimate of drug-likeness (QED) is 0.633. The molecule has 7 nitrogen and oxygen atoms in total. The third-order valence-electron chi connectivity index (χ3n) is 5.31. The smallest absolute Gasteiger partial charge is 0.303 e. The van der Waals surface area contributed by atoms with Crippen LogP contribution in [0.3, 0.4) is 0 Å². The molecule has 0 saturated heterocycles. The van der Waals surface area contributed by atoms with Crippen molar-refractivity contribution < 1.29 is 14.7 Å². The minimum atomic E-state index is -0.853. The number of pyridine rings is 1. The van der Waals surface area contributed by atoms with Crippen molar-refractivity contribution >= 4 is 17.6 Å². The summed E-state index contributed by atoms with van der Waals surface area (Å²) in [6.07, 6.45) is 8.42. The van der Waals surface area contributed by atoms with Gasteiger partial charge in [-0.15, -0.1) is 0 Å². The third-order valence-corrected chi connectivity index (χ3v) is 5.31. The average Bonchev–Trinajstić information content (AvgIpc) is 2.71. The molecule has 0 bridgehead atoms. The summed E-state index contributed by atoms with van der Waals surface area (Å²) >= 11 is 0. The van der Waals surface area contributed by atoms with E-state index in [2.05, 4.69) is 26.3 Å². The number of carboxylic acid groups (broad SMARTS) is 1. The maximum Gasteiger partial charge on any atom is 0.303 e. The Hall–Kier alpha value is -2.83. The van der Waals surface area contributed by atoms with Crippen molar-refractivity contribution in [1.29, 1.82) is 0 Å². The summed E-state index contributed by atoms with van der Waals surface area (Å²) in [5, 5.41) is 12.5. The van der Waals surface area contributed by atoms with Gasteiger partial charge in [-0.3, -0.25) is 9.59 Å². The lowest BCUT2D eigenvalue weighted by Crippen LogP contribution is -2.14. The van der Waals surface area contributed by atoms with Crippen LogP contribution in [0.25, 0.3) is 0 Å². The average molecular weight is 396 g/mol. The van der Waals surface area contributed by atoms with Crippen molar-refractivity contribution in [2.24, 2.45) is 0 Å². The van der Waals surface area contributed by atoms with Gasteiger partial charge in [-0.25, -0.2) is 15.0 Å². The molecule has 0 saturated carbocycles. The number of aromatic nitrogens is 3. The first kappa shape index (κ1) is 20.9. The van der Waals surface area contributed by atoms with Crippen LogP contribution in [0.1, 0.15) is 67.1 Å². The lowest BCUT2D eigenvalue weighted by molar-refractivity contribution is -0.137. The molecular weight excluding hydrogens is 368 g/mol. The van der Waals surface area contributed by atoms with Gasteiger partial charge in [0, 0.05) is 37.5 Å². The van der Waals surface area contributed by atoms with Crippen molar-refractivity contribution in [2.75, 3.05) is 11.9 Å². The molecule has 0 fully saturated rings. The Labute approximate surface area is 171 Å². The lowest BCUT2D eigenvalue weighted by Gasteiger charge is -2.17. The first-order valence-electron chi connectivity index (χ1n) is 10.3. The van der Waals surface area contributed by atoms with Gasteiger partial charge in [0.15, 0.2) is 0 Å². The van der Waals surface area contributed by atoms with E-state index in [4.69, 9.17) is 0 Å². The van der Waals surface area contributed by atoms with Gasteiger partial charge in [0.1, 0.15) is 17.4 Å². The number of carbonyl (C=O) groups excluding carboxylic acids is 1. The molecule has 0 spiro atoms. The monoisotopic (exact) mass is 396 g/mol. The van der Waals surface area contributed by atoms with Crippen molar-refractivity contribution in [3.8, 4) is 0 Å². The highest BCUT2D eigenvalue weighted by Gasteiger charge is 2.17. The summed E-state index contributed by atoms with van der Waals surface area (Å²) in [5.41, 5.74) is 3.00. The minimum Gasteiger partial charge on any atom is -0.481 e. The third kappa shape index (κ3) is 6.34. The molecule has 3 rings (SSSR count).